The molecule has 1 aromatic carbocycles. The number of thiophene rings is 1. The zero-order valence-corrected chi connectivity index (χ0v) is 14.1. The van der Waals surface area contributed by atoms with Gasteiger partial charge in [0.2, 0.25) is 0 Å². The molecule has 0 radical (unpaired) electrons. The van der Waals surface area contributed by atoms with Gasteiger partial charge < -0.3 is 5.32 Å². The molecule has 2 rings (SSSR count). The van der Waals surface area contributed by atoms with Crippen LogP contribution < -0.4 is 5.32 Å². The van der Waals surface area contributed by atoms with E-state index in [-0.39, 0.29) is 0 Å². The molecule has 0 spiro atoms. The van der Waals surface area contributed by atoms with Crippen LogP contribution in [0.5, 0.6) is 0 Å². The van der Waals surface area contributed by atoms with Gasteiger partial charge >= 0.3 is 0 Å². The molecule has 2 aromatic rings. The first kappa shape index (κ1) is 15.8. The minimum atomic E-state index is 0.293. The van der Waals surface area contributed by atoms with Gasteiger partial charge in [-0.25, -0.2) is 0 Å². The summed E-state index contributed by atoms with van der Waals surface area (Å²) in [5, 5.41) is 4.84. The Labute approximate surface area is 134 Å². The lowest BCUT2D eigenvalue weighted by molar-refractivity contribution is 0.558. The minimum Gasteiger partial charge on any atom is -0.309 e. The summed E-state index contributed by atoms with van der Waals surface area (Å²) in [6, 6.07) is 10.6. The molecule has 4 heteroatoms. The average molecular weight is 328 g/mol. The third-order valence-corrected chi connectivity index (χ3v) is 5.48. The van der Waals surface area contributed by atoms with Gasteiger partial charge in [0, 0.05) is 15.8 Å². The Morgan fingerprint density at radius 2 is 1.95 bits per heavy atom. The molecule has 1 atom stereocenters. The first-order valence-corrected chi connectivity index (χ1v) is 8.47. The second-order valence-electron chi connectivity index (χ2n) is 4.68. The summed E-state index contributed by atoms with van der Waals surface area (Å²) in [6.07, 6.45) is 1.94. The third kappa shape index (κ3) is 3.76. The lowest BCUT2D eigenvalue weighted by atomic mass is 10.0. The normalized spacial score (nSPS) is 12.6. The Hall–Kier alpha value is -0.540. The topological polar surface area (TPSA) is 12.0 Å². The number of aryl methyl sites for hydroxylation is 1. The zero-order chi connectivity index (χ0) is 14.5. The van der Waals surface area contributed by atoms with E-state index < -0.39 is 0 Å². The Kier molecular flexibility index (Phi) is 5.91. The predicted octanol–water partition coefficient (Wildman–Crippen LogP) is 5.51. The van der Waals surface area contributed by atoms with Crippen molar-refractivity contribution < 1.29 is 0 Å². The Morgan fingerprint density at radius 3 is 2.60 bits per heavy atom. The van der Waals surface area contributed by atoms with Crippen LogP contribution in [0.25, 0.3) is 0 Å². The van der Waals surface area contributed by atoms with Crippen LogP contribution >= 0.6 is 34.5 Å². The Bertz CT molecular complexity index is 565. The lowest BCUT2D eigenvalue weighted by Crippen LogP contribution is -2.22. The minimum absolute atomic E-state index is 0.293. The van der Waals surface area contributed by atoms with Crippen molar-refractivity contribution in [2.45, 2.75) is 32.7 Å². The molecule has 0 fully saturated rings. The summed E-state index contributed by atoms with van der Waals surface area (Å²) < 4.78 is 0. The molecule has 20 heavy (non-hydrogen) atoms. The number of halogens is 2. The van der Waals surface area contributed by atoms with Crippen LogP contribution in [0.15, 0.2) is 30.3 Å². The SMILES string of the molecule is CCNC(Cc1cccc(Cl)c1Cl)c1ccc(CC)s1. The molecule has 0 saturated heterocycles. The van der Waals surface area contributed by atoms with Crippen molar-refractivity contribution in [3.63, 3.8) is 0 Å². The third-order valence-electron chi connectivity index (χ3n) is 3.28. The van der Waals surface area contributed by atoms with Crippen molar-refractivity contribution in [3.05, 3.63) is 55.7 Å². The number of hydrogen-bond donors (Lipinski definition) is 1. The average Bonchev–Trinajstić information content (AvgIpc) is 2.92. The van der Waals surface area contributed by atoms with Crippen LogP contribution in [0, 0.1) is 0 Å². The molecule has 1 N–H and O–H groups in total. The molecule has 108 valence electrons. The monoisotopic (exact) mass is 327 g/mol. The molecule has 0 aliphatic rings. The highest BCUT2D eigenvalue weighted by atomic mass is 35.5. The van der Waals surface area contributed by atoms with Gasteiger partial charge in [0.25, 0.3) is 0 Å². The van der Waals surface area contributed by atoms with Crippen LogP contribution in [0.3, 0.4) is 0 Å². The molecule has 0 aliphatic carbocycles. The number of likely N-dealkylation sites (N-methyl/N-ethyl adjacent to an activating group) is 1. The van der Waals surface area contributed by atoms with Crippen molar-refractivity contribution >= 4 is 34.5 Å². The van der Waals surface area contributed by atoms with Gasteiger partial charge in [0.05, 0.1) is 10.0 Å². The number of hydrogen-bond acceptors (Lipinski definition) is 2. The fourth-order valence-electron chi connectivity index (χ4n) is 2.22. The molecular formula is C16H19Cl2NS. The van der Waals surface area contributed by atoms with Crippen LogP contribution in [0.1, 0.15) is 35.2 Å². The van der Waals surface area contributed by atoms with Gasteiger partial charge in [0.15, 0.2) is 0 Å². The van der Waals surface area contributed by atoms with Crippen molar-refractivity contribution in [1.82, 2.24) is 5.32 Å². The fourth-order valence-corrected chi connectivity index (χ4v) is 3.64. The second kappa shape index (κ2) is 7.46. The van der Waals surface area contributed by atoms with E-state index in [2.05, 4.69) is 31.3 Å². The van der Waals surface area contributed by atoms with E-state index in [1.807, 2.05) is 29.5 Å². The Balaban J connectivity index is 2.23. The van der Waals surface area contributed by atoms with Crippen LogP contribution in [-0.2, 0) is 12.8 Å². The van der Waals surface area contributed by atoms with E-state index in [0.717, 1.165) is 24.9 Å². The maximum Gasteiger partial charge on any atom is 0.0624 e. The lowest BCUT2D eigenvalue weighted by Gasteiger charge is -2.17. The highest BCUT2D eigenvalue weighted by molar-refractivity contribution is 7.12. The second-order valence-corrected chi connectivity index (χ2v) is 6.67. The molecule has 1 nitrogen and oxygen atoms in total. The predicted molar refractivity (Wildman–Crippen MR) is 90.3 cm³/mol. The summed E-state index contributed by atoms with van der Waals surface area (Å²) in [4.78, 5) is 2.78. The van der Waals surface area contributed by atoms with Gasteiger partial charge in [-0.15, -0.1) is 11.3 Å². The van der Waals surface area contributed by atoms with Crippen molar-refractivity contribution in [3.8, 4) is 0 Å². The fraction of sp³-hybridized carbons (Fsp3) is 0.375. The maximum absolute atomic E-state index is 6.30. The summed E-state index contributed by atoms with van der Waals surface area (Å²) >= 11 is 14.3. The van der Waals surface area contributed by atoms with Gasteiger partial charge in [-0.2, -0.15) is 0 Å². The highest BCUT2D eigenvalue weighted by Crippen LogP contribution is 2.31. The maximum atomic E-state index is 6.30. The highest BCUT2D eigenvalue weighted by Gasteiger charge is 2.16. The molecule has 1 heterocycles. The van der Waals surface area contributed by atoms with Crippen LogP contribution in [0.2, 0.25) is 10.0 Å². The quantitative estimate of drug-likeness (QED) is 0.737. The first-order valence-electron chi connectivity index (χ1n) is 6.90. The number of benzene rings is 1. The Morgan fingerprint density at radius 1 is 1.15 bits per heavy atom. The van der Waals surface area contributed by atoms with Gasteiger partial charge in [-0.05, 0) is 43.1 Å². The summed E-state index contributed by atoms with van der Waals surface area (Å²) in [5.74, 6) is 0. The molecule has 0 saturated carbocycles. The van der Waals surface area contributed by atoms with E-state index >= 15 is 0 Å². The van der Waals surface area contributed by atoms with E-state index in [1.54, 1.807) is 0 Å². The van der Waals surface area contributed by atoms with Crippen LogP contribution in [-0.4, -0.2) is 6.54 Å². The number of nitrogens with one attached hydrogen (secondary N) is 1. The number of rotatable bonds is 6. The summed E-state index contributed by atoms with van der Waals surface area (Å²) in [7, 11) is 0. The van der Waals surface area contributed by atoms with Crippen LogP contribution in [0.4, 0.5) is 0 Å². The molecule has 1 aromatic heterocycles. The first-order chi connectivity index (χ1) is 9.65. The van der Waals surface area contributed by atoms with E-state index in [9.17, 15) is 0 Å². The molecule has 0 bridgehead atoms. The van der Waals surface area contributed by atoms with Crippen molar-refractivity contribution in [2.75, 3.05) is 6.54 Å². The smallest absolute Gasteiger partial charge is 0.0624 e. The van der Waals surface area contributed by atoms with E-state index in [4.69, 9.17) is 23.2 Å². The molecule has 1 unspecified atom stereocenters. The summed E-state index contributed by atoms with van der Waals surface area (Å²) in [6.45, 7) is 5.24. The van der Waals surface area contributed by atoms with E-state index in [1.165, 1.54) is 9.75 Å². The molecular weight excluding hydrogens is 309 g/mol. The molecule has 0 aliphatic heterocycles. The van der Waals surface area contributed by atoms with Crippen molar-refractivity contribution in [1.29, 1.82) is 0 Å². The van der Waals surface area contributed by atoms with Gasteiger partial charge in [-0.3, -0.25) is 0 Å². The van der Waals surface area contributed by atoms with E-state index in [0.29, 0.717) is 16.1 Å². The summed E-state index contributed by atoms with van der Waals surface area (Å²) in [5.41, 5.74) is 1.09. The van der Waals surface area contributed by atoms with Gasteiger partial charge in [0.1, 0.15) is 0 Å². The molecule has 0 amide bonds. The standard InChI is InChI=1S/C16H19Cl2NS/c1-3-12-8-9-15(20-12)14(19-4-2)10-11-6-5-7-13(17)16(11)18/h5-9,14,19H,3-4,10H2,1-2H3. The zero-order valence-electron chi connectivity index (χ0n) is 11.7. The largest absolute Gasteiger partial charge is 0.309 e. The van der Waals surface area contributed by atoms with Crippen molar-refractivity contribution in [2.24, 2.45) is 0 Å². The van der Waals surface area contributed by atoms with Gasteiger partial charge in [-0.1, -0.05) is 49.2 Å².